The van der Waals surface area contributed by atoms with Gasteiger partial charge in [-0.25, -0.2) is 0 Å². The number of hydrogen-bond acceptors (Lipinski definition) is 3. The molecule has 2 aliphatic heterocycles. The topological polar surface area (TPSA) is 42.9 Å². The number of hydrogen-bond donors (Lipinski definition) is 2. The quantitative estimate of drug-likeness (QED) is 0.545. The van der Waals surface area contributed by atoms with Crippen molar-refractivity contribution in [2.24, 2.45) is 10.9 Å². The number of nitrogens with one attached hydrogen (secondary N) is 2. The first kappa shape index (κ1) is 20.2. The largest absolute Gasteiger partial charge is 0.357 e. The van der Waals surface area contributed by atoms with Crippen molar-refractivity contribution in [3.05, 3.63) is 35.9 Å². The Labute approximate surface area is 165 Å². The Morgan fingerprint density at radius 3 is 2.56 bits per heavy atom. The molecular weight excluding hydrogens is 334 g/mol. The molecule has 1 aromatic carbocycles. The lowest BCUT2D eigenvalue weighted by Crippen LogP contribution is -2.41. The highest BCUT2D eigenvalue weighted by Gasteiger charge is 2.24. The Bertz CT molecular complexity index is 567. The molecule has 5 heteroatoms. The van der Waals surface area contributed by atoms with Crippen LogP contribution in [0.15, 0.2) is 35.3 Å². The van der Waals surface area contributed by atoms with Crippen LogP contribution in [0.25, 0.3) is 0 Å². The first-order valence-corrected chi connectivity index (χ1v) is 10.8. The zero-order valence-corrected chi connectivity index (χ0v) is 17.2. The fraction of sp³-hybridized carbons (Fsp3) is 0.682. The molecule has 2 aliphatic rings. The Balaban J connectivity index is 1.60. The Morgan fingerprint density at radius 1 is 1.11 bits per heavy atom. The monoisotopic (exact) mass is 371 g/mol. The molecule has 2 unspecified atom stereocenters. The predicted molar refractivity (Wildman–Crippen MR) is 114 cm³/mol. The molecule has 0 aromatic heterocycles. The molecule has 0 aliphatic carbocycles. The molecule has 3 rings (SSSR count). The van der Waals surface area contributed by atoms with E-state index in [0.717, 1.165) is 31.5 Å². The summed E-state index contributed by atoms with van der Waals surface area (Å²) in [5.41, 5.74) is 1.38. The molecule has 0 bridgehead atoms. The third-order valence-electron chi connectivity index (χ3n) is 5.91. The van der Waals surface area contributed by atoms with Crippen molar-refractivity contribution in [3.8, 4) is 0 Å². The van der Waals surface area contributed by atoms with Gasteiger partial charge in [-0.2, -0.15) is 0 Å². The van der Waals surface area contributed by atoms with Crippen molar-refractivity contribution < 1.29 is 0 Å². The van der Waals surface area contributed by atoms with E-state index in [0.29, 0.717) is 6.04 Å². The van der Waals surface area contributed by atoms with Crippen LogP contribution in [0.4, 0.5) is 0 Å². The van der Waals surface area contributed by atoms with Crippen LogP contribution in [0.5, 0.6) is 0 Å². The van der Waals surface area contributed by atoms with Gasteiger partial charge in [0.2, 0.25) is 0 Å². The molecule has 2 atom stereocenters. The van der Waals surface area contributed by atoms with E-state index < -0.39 is 0 Å². The second-order valence-corrected chi connectivity index (χ2v) is 7.82. The summed E-state index contributed by atoms with van der Waals surface area (Å²) in [5.74, 6) is 1.70. The number of nitrogens with zero attached hydrogens (tertiary/aromatic N) is 3. The Morgan fingerprint density at radius 2 is 1.89 bits per heavy atom. The summed E-state index contributed by atoms with van der Waals surface area (Å²) in [5, 5.41) is 7.03. The van der Waals surface area contributed by atoms with Gasteiger partial charge in [-0.05, 0) is 63.8 Å². The zero-order chi connectivity index (χ0) is 18.9. The van der Waals surface area contributed by atoms with E-state index in [1.807, 2.05) is 0 Å². The van der Waals surface area contributed by atoms with Crippen LogP contribution in [0.2, 0.25) is 0 Å². The summed E-state index contributed by atoms with van der Waals surface area (Å²) in [4.78, 5) is 10.1. The number of likely N-dealkylation sites (tertiary alicyclic amines) is 2. The fourth-order valence-electron chi connectivity index (χ4n) is 4.29. The standard InChI is InChI=1S/C22H37N5/c1-3-23-22(24-16-19-12-15-26(4-2)18-19)25-17-21(27-13-8-9-14-27)20-10-6-5-7-11-20/h5-7,10-11,19,21H,3-4,8-9,12-18H2,1-2H3,(H2,23,24,25). The first-order chi connectivity index (χ1) is 13.3. The van der Waals surface area contributed by atoms with Crippen LogP contribution in [-0.2, 0) is 0 Å². The van der Waals surface area contributed by atoms with Crippen LogP contribution in [0.1, 0.15) is 44.7 Å². The van der Waals surface area contributed by atoms with Gasteiger partial charge in [-0.15, -0.1) is 0 Å². The molecule has 1 aromatic rings. The van der Waals surface area contributed by atoms with Gasteiger partial charge in [0.05, 0.1) is 12.6 Å². The average Bonchev–Trinajstić information content (AvgIpc) is 3.39. The number of aliphatic imine (C=N–C) groups is 1. The molecule has 27 heavy (non-hydrogen) atoms. The van der Waals surface area contributed by atoms with E-state index in [-0.39, 0.29) is 0 Å². The van der Waals surface area contributed by atoms with E-state index >= 15 is 0 Å². The molecule has 0 radical (unpaired) electrons. The van der Waals surface area contributed by atoms with Gasteiger partial charge in [-0.3, -0.25) is 9.89 Å². The van der Waals surface area contributed by atoms with Crippen LogP contribution in [-0.4, -0.2) is 68.1 Å². The van der Waals surface area contributed by atoms with Gasteiger partial charge < -0.3 is 15.5 Å². The summed E-state index contributed by atoms with van der Waals surface area (Å²) in [6.07, 6.45) is 3.91. The second kappa shape index (κ2) is 10.7. The molecule has 2 heterocycles. The molecule has 5 nitrogen and oxygen atoms in total. The summed E-state index contributed by atoms with van der Waals surface area (Å²) < 4.78 is 0. The summed E-state index contributed by atoms with van der Waals surface area (Å²) in [6, 6.07) is 11.3. The van der Waals surface area contributed by atoms with Crippen LogP contribution >= 0.6 is 0 Å². The third kappa shape index (κ3) is 5.94. The molecule has 2 saturated heterocycles. The molecule has 0 amide bonds. The fourth-order valence-corrected chi connectivity index (χ4v) is 4.29. The Kier molecular flexibility index (Phi) is 7.96. The molecular formula is C22H37N5. The van der Waals surface area contributed by atoms with Gasteiger partial charge in [0.15, 0.2) is 5.96 Å². The maximum absolute atomic E-state index is 4.97. The van der Waals surface area contributed by atoms with Gasteiger partial charge in [0.1, 0.15) is 0 Å². The summed E-state index contributed by atoms with van der Waals surface area (Å²) in [7, 11) is 0. The van der Waals surface area contributed by atoms with Gasteiger partial charge >= 0.3 is 0 Å². The molecule has 2 N–H and O–H groups in total. The van der Waals surface area contributed by atoms with E-state index in [1.54, 1.807) is 0 Å². The molecule has 0 spiro atoms. The number of rotatable bonds is 8. The van der Waals surface area contributed by atoms with Gasteiger partial charge in [-0.1, -0.05) is 37.3 Å². The van der Waals surface area contributed by atoms with E-state index in [4.69, 9.17) is 4.99 Å². The van der Waals surface area contributed by atoms with Crippen molar-refractivity contribution in [1.82, 2.24) is 20.4 Å². The maximum atomic E-state index is 4.97. The van der Waals surface area contributed by atoms with E-state index in [1.165, 1.54) is 57.5 Å². The highest BCUT2D eigenvalue weighted by Crippen LogP contribution is 2.25. The minimum absolute atomic E-state index is 0.381. The van der Waals surface area contributed by atoms with Crippen molar-refractivity contribution in [1.29, 1.82) is 0 Å². The predicted octanol–water partition coefficient (Wildman–Crippen LogP) is 2.72. The minimum atomic E-state index is 0.381. The molecule has 2 fully saturated rings. The molecule has 150 valence electrons. The van der Waals surface area contributed by atoms with Crippen LogP contribution < -0.4 is 10.6 Å². The van der Waals surface area contributed by atoms with Crippen molar-refractivity contribution >= 4 is 5.96 Å². The lowest BCUT2D eigenvalue weighted by molar-refractivity contribution is 0.251. The van der Waals surface area contributed by atoms with Crippen molar-refractivity contribution in [2.75, 3.05) is 52.4 Å². The van der Waals surface area contributed by atoms with Crippen molar-refractivity contribution in [3.63, 3.8) is 0 Å². The highest BCUT2D eigenvalue weighted by molar-refractivity contribution is 5.79. The lowest BCUT2D eigenvalue weighted by atomic mass is 10.1. The first-order valence-electron chi connectivity index (χ1n) is 10.8. The smallest absolute Gasteiger partial charge is 0.191 e. The highest BCUT2D eigenvalue weighted by atomic mass is 15.2. The second-order valence-electron chi connectivity index (χ2n) is 7.82. The van der Waals surface area contributed by atoms with Gasteiger partial charge in [0, 0.05) is 19.6 Å². The average molecular weight is 372 g/mol. The van der Waals surface area contributed by atoms with Crippen LogP contribution in [0, 0.1) is 5.92 Å². The molecule has 0 saturated carbocycles. The summed E-state index contributed by atoms with van der Waals surface area (Å²) >= 11 is 0. The third-order valence-corrected chi connectivity index (χ3v) is 5.91. The summed E-state index contributed by atoms with van der Waals surface area (Å²) in [6.45, 7) is 13.1. The zero-order valence-electron chi connectivity index (χ0n) is 17.2. The normalized spacial score (nSPS) is 22.9. The lowest BCUT2D eigenvalue weighted by Gasteiger charge is -2.27. The van der Waals surface area contributed by atoms with E-state index in [9.17, 15) is 0 Å². The van der Waals surface area contributed by atoms with Crippen LogP contribution in [0.3, 0.4) is 0 Å². The SMILES string of the molecule is CCNC(=NCC(c1ccccc1)N1CCCC1)NCC1CCN(CC)C1. The number of guanidine groups is 1. The maximum Gasteiger partial charge on any atom is 0.191 e. The van der Waals surface area contributed by atoms with Gasteiger partial charge in [0.25, 0.3) is 0 Å². The van der Waals surface area contributed by atoms with Crippen molar-refractivity contribution in [2.45, 2.75) is 39.2 Å². The Hall–Kier alpha value is -1.59. The minimum Gasteiger partial charge on any atom is -0.357 e. The number of benzene rings is 1. The van der Waals surface area contributed by atoms with E-state index in [2.05, 4.69) is 64.6 Å².